The first kappa shape index (κ1) is 14.9. The summed E-state index contributed by atoms with van der Waals surface area (Å²) in [5, 5.41) is 14.6. The number of halogens is 1. The van der Waals surface area contributed by atoms with Crippen molar-refractivity contribution in [3.05, 3.63) is 34.3 Å². The van der Waals surface area contributed by atoms with E-state index in [2.05, 4.69) is 26.6 Å². The van der Waals surface area contributed by atoms with E-state index in [1.165, 1.54) is 7.11 Å². The zero-order chi connectivity index (χ0) is 13.4. The molecular weight excluding hydrogens is 300 g/mol. The van der Waals surface area contributed by atoms with E-state index in [0.717, 1.165) is 10.0 Å². The summed E-state index contributed by atoms with van der Waals surface area (Å²) < 4.78 is 5.72. The number of nitrogens with one attached hydrogen (secondary N) is 2. The second kappa shape index (κ2) is 8.07. The van der Waals surface area contributed by atoms with Crippen molar-refractivity contribution in [2.45, 2.75) is 12.6 Å². The molecule has 5 nitrogen and oxygen atoms in total. The predicted octanol–water partition coefficient (Wildman–Crippen LogP) is 1.26. The van der Waals surface area contributed by atoms with Gasteiger partial charge in [-0.15, -0.1) is 0 Å². The molecule has 0 bridgehead atoms. The molecule has 0 saturated carbocycles. The molecule has 1 atom stereocenters. The first-order chi connectivity index (χ1) is 8.61. The van der Waals surface area contributed by atoms with Crippen LogP contribution in [-0.4, -0.2) is 37.5 Å². The Hall–Kier alpha value is -1.11. The molecule has 0 aromatic heterocycles. The predicted molar refractivity (Wildman–Crippen MR) is 72.3 cm³/mol. The van der Waals surface area contributed by atoms with Gasteiger partial charge in [0.2, 0.25) is 0 Å². The highest BCUT2D eigenvalue weighted by atomic mass is 79.9. The zero-order valence-electron chi connectivity index (χ0n) is 10.1. The lowest BCUT2D eigenvalue weighted by Gasteiger charge is -2.11. The fourth-order valence-electron chi connectivity index (χ4n) is 1.35. The van der Waals surface area contributed by atoms with Gasteiger partial charge in [-0.2, -0.15) is 0 Å². The molecule has 2 amide bonds. The number of aliphatic hydroxyl groups excluding tert-OH is 1. The Morgan fingerprint density at radius 1 is 1.50 bits per heavy atom. The zero-order valence-corrected chi connectivity index (χ0v) is 11.7. The molecule has 0 saturated heterocycles. The van der Waals surface area contributed by atoms with Gasteiger partial charge in [0.15, 0.2) is 0 Å². The van der Waals surface area contributed by atoms with Gasteiger partial charge in [-0.25, -0.2) is 4.79 Å². The van der Waals surface area contributed by atoms with Gasteiger partial charge in [-0.3, -0.25) is 0 Å². The number of urea groups is 1. The van der Waals surface area contributed by atoms with E-state index in [1.807, 2.05) is 24.3 Å². The van der Waals surface area contributed by atoms with Crippen molar-refractivity contribution in [3.63, 3.8) is 0 Å². The minimum Gasteiger partial charge on any atom is -0.389 e. The van der Waals surface area contributed by atoms with Crippen LogP contribution in [-0.2, 0) is 11.3 Å². The smallest absolute Gasteiger partial charge is 0.315 e. The quantitative estimate of drug-likeness (QED) is 0.740. The maximum absolute atomic E-state index is 11.4. The van der Waals surface area contributed by atoms with E-state index >= 15 is 0 Å². The molecule has 0 radical (unpaired) electrons. The average Bonchev–Trinajstić information content (AvgIpc) is 2.34. The van der Waals surface area contributed by atoms with Crippen LogP contribution >= 0.6 is 15.9 Å². The van der Waals surface area contributed by atoms with Gasteiger partial charge < -0.3 is 20.5 Å². The fraction of sp³-hybridized carbons (Fsp3) is 0.417. The highest BCUT2D eigenvalue weighted by Crippen LogP contribution is 2.11. The Bertz CT molecular complexity index is 387. The Morgan fingerprint density at radius 2 is 2.28 bits per heavy atom. The summed E-state index contributed by atoms with van der Waals surface area (Å²) >= 11 is 3.36. The van der Waals surface area contributed by atoms with Crippen LogP contribution in [0.1, 0.15) is 5.56 Å². The summed E-state index contributed by atoms with van der Waals surface area (Å²) in [6.45, 7) is 0.801. The SMILES string of the molecule is COCC(O)CNC(=O)NCc1cccc(Br)c1. The highest BCUT2D eigenvalue weighted by Gasteiger charge is 2.06. The number of ether oxygens (including phenoxy) is 1. The summed E-state index contributed by atoms with van der Waals surface area (Å²) in [7, 11) is 1.50. The Morgan fingerprint density at radius 3 is 2.94 bits per heavy atom. The third-order valence-corrected chi connectivity index (χ3v) is 2.69. The second-order valence-corrected chi connectivity index (χ2v) is 4.72. The van der Waals surface area contributed by atoms with Crippen molar-refractivity contribution in [1.82, 2.24) is 10.6 Å². The standard InChI is InChI=1S/C12H17BrN2O3/c1-18-8-11(16)7-15-12(17)14-6-9-3-2-4-10(13)5-9/h2-5,11,16H,6-8H2,1H3,(H2,14,15,17). The van der Waals surface area contributed by atoms with Gasteiger partial charge >= 0.3 is 6.03 Å². The van der Waals surface area contributed by atoms with Crippen LogP contribution in [0.5, 0.6) is 0 Å². The van der Waals surface area contributed by atoms with Gasteiger partial charge in [0.05, 0.1) is 12.7 Å². The molecule has 0 aliphatic heterocycles. The molecule has 1 rings (SSSR count). The molecule has 0 heterocycles. The highest BCUT2D eigenvalue weighted by molar-refractivity contribution is 9.10. The number of carbonyl (C=O) groups excluding carboxylic acids is 1. The van der Waals surface area contributed by atoms with Crippen molar-refractivity contribution in [3.8, 4) is 0 Å². The number of hydrogen-bond acceptors (Lipinski definition) is 3. The van der Waals surface area contributed by atoms with E-state index < -0.39 is 6.10 Å². The fourth-order valence-corrected chi connectivity index (χ4v) is 1.80. The number of benzene rings is 1. The van der Waals surface area contributed by atoms with Gasteiger partial charge in [0.25, 0.3) is 0 Å². The van der Waals surface area contributed by atoms with Crippen molar-refractivity contribution >= 4 is 22.0 Å². The number of amides is 2. The van der Waals surface area contributed by atoms with E-state index in [4.69, 9.17) is 4.74 Å². The monoisotopic (exact) mass is 316 g/mol. The van der Waals surface area contributed by atoms with Gasteiger partial charge in [-0.05, 0) is 17.7 Å². The molecule has 1 aromatic carbocycles. The van der Waals surface area contributed by atoms with Gasteiger partial charge in [0.1, 0.15) is 0 Å². The summed E-state index contributed by atoms with van der Waals surface area (Å²) in [6.07, 6.45) is -0.688. The number of hydrogen-bond donors (Lipinski definition) is 3. The molecule has 18 heavy (non-hydrogen) atoms. The lowest BCUT2D eigenvalue weighted by molar-refractivity contribution is 0.0660. The molecule has 1 unspecified atom stereocenters. The van der Waals surface area contributed by atoms with E-state index in [0.29, 0.717) is 6.54 Å². The van der Waals surface area contributed by atoms with Crippen LogP contribution in [0.15, 0.2) is 28.7 Å². The minimum absolute atomic E-state index is 0.165. The van der Waals surface area contributed by atoms with Crippen LogP contribution in [0.3, 0.4) is 0 Å². The molecular formula is C12H17BrN2O3. The van der Waals surface area contributed by atoms with Crippen LogP contribution in [0.4, 0.5) is 4.79 Å². The van der Waals surface area contributed by atoms with Crippen LogP contribution in [0.2, 0.25) is 0 Å². The maximum atomic E-state index is 11.4. The van der Waals surface area contributed by atoms with Crippen molar-refractivity contribution in [1.29, 1.82) is 0 Å². The first-order valence-corrected chi connectivity index (χ1v) is 6.34. The maximum Gasteiger partial charge on any atom is 0.315 e. The first-order valence-electron chi connectivity index (χ1n) is 5.55. The summed E-state index contributed by atoms with van der Waals surface area (Å²) in [6, 6.07) is 7.36. The molecule has 0 aliphatic carbocycles. The van der Waals surface area contributed by atoms with E-state index in [9.17, 15) is 9.90 Å². The number of rotatable bonds is 6. The second-order valence-electron chi connectivity index (χ2n) is 3.80. The van der Waals surface area contributed by atoms with Crippen molar-refractivity contribution in [2.24, 2.45) is 0 Å². The van der Waals surface area contributed by atoms with E-state index in [1.54, 1.807) is 0 Å². The summed E-state index contributed by atoms with van der Waals surface area (Å²) in [5.41, 5.74) is 0.997. The molecule has 0 fully saturated rings. The average molecular weight is 317 g/mol. The minimum atomic E-state index is -0.688. The number of aliphatic hydroxyl groups is 1. The molecule has 6 heteroatoms. The molecule has 1 aromatic rings. The van der Waals surface area contributed by atoms with Crippen molar-refractivity contribution in [2.75, 3.05) is 20.3 Å². The number of methoxy groups -OCH3 is 1. The largest absolute Gasteiger partial charge is 0.389 e. The summed E-state index contributed by atoms with van der Waals surface area (Å²) in [4.78, 5) is 11.4. The van der Waals surface area contributed by atoms with Gasteiger partial charge in [-0.1, -0.05) is 28.1 Å². The third-order valence-electron chi connectivity index (χ3n) is 2.20. The normalized spacial score (nSPS) is 11.9. The third kappa shape index (κ3) is 6.00. The Kier molecular flexibility index (Phi) is 6.70. The molecule has 3 N–H and O–H groups in total. The Labute approximate surface area is 115 Å². The summed E-state index contributed by atoms with van der Waals surface area (Å²) in [5.74, 6) is 0. The molecule has 0 aliphatic rings. The number of carbonyl (C=O) groups is 1. The van der Waals surface area contributed by atoms with Crippen LogP contribution in [0.25, 0.3) is 0 Å². The van der Waals surface area contributed by atoms with Crippen LogP contribution < -0.4 is 10.6 Å². The molecule has 100 valence electrons. The van der Waals surface area contributed by atoms with Gasteiger partial charge in [0, 0.05) is 24.7 Å². The van der Waals surface area contributed by atoms with Crippen LogP contribution in [0, 0.1) is 0 Å². The van der Waals surface area contributed by atoms with E-state index in [-0.39, 0.29) is 19.2 Å². The molecule has 0 spiro atoms. The topological polar surface area (TPSA) is 70.6 Å². The lowest BCUT2D eigenvalue weighted by atomic mass is 10.2. The van der Waals surface area contributed by atoms with Crippen molar-refractivity contribution < 1.29 is 14.6 Å². The lowest BCUT2D eigenvalue weighted by Crippen LogP contribution is -2.40. The Balaban J connectivity index is 2.25.